The van der Waals surface area contributed by atoms with Crippen molar-refractivity contribution >= 4 is 23.5 Å². The Bertz CT molecular complexity index is 997. The van der Waals surface area contributed by atoms with Crippen molar-refractivity contribution in [3.8, 4) is 11.1 Å². The molecule has 148 valence electrons. The Kier molecular flexibility index (Phi) is 4.15. The van der Waals surface area contributed by atoms with Crippen molar-refractivity contribution in [2.75, 3.05) is 12.4 Å². The van der Waals surface area contributed by atoms with Gasteiger partial charge in [-0.25, -0.2) is 4.79 Å². The van der Waals surface area contributed by atoms with Crippen molar-refractivity contribution in [3.63, 3.8) is 0 Å². The number of anilines is 1. The van der Waals surface area contributed by atoms with Gasteiger partial charge in [0.25, 0.3) is 0 Å². The first-order valence-corrected chi connectivity index (χ1v) is 9.86. The zero-order valence-electron chi connectivity index (χ0n) is 16.0. The molecule has 1 amide bonds. The fourth-order valence-electron chi connectivity index (χ4n) is 5.34. The van der Waals surface area contributed by atoms with E-state index in [9.17, 15) is 14.4 Å². The van der Waals surface area contributed by atoms with Crippen LogP contribution in [0.4, 0.5) is 5.69 Å². The molecule has 3 aliphatic rings. The summed E-state index contributed by atoms with van der Waals surface area (Å²) in [4.78, 5) is 37.0. The molecule has 6 heteroatoms. The molecule has 0 aromatic heterocycles. The minimum Gasteiger partial charge on any atom is -0.465 e. The lowest BCUT2D eigenvalue weighted by atomic mass is 9.79. The Balaban J connectivity index is 1.34. The summed E-state index contributed by atoms with van der Waals surface area (Å²) in [5.41, 5.74) is 2.78. The van der Waals surface area contributed by atoms with Crippen molar-refractivity contribution in [1.82, 2.24) is 0 Å². The van der Waals surface area contributed by atoms with Crippen LogP contribution in [0, 0.1) is 23.7 Å². The molecule has 0 unspecified atom stereocenters. The summed E-state index contributed by atoms with van der Waals surface area (Å²) in [6.07, 6.45) is 1.73. The monoisotopic (exact) mass is 391 g/mol. The van der Waals surface area contributed by atoms with Crippen molar-refractivity contribution in [2.45, 2.75) is 18.9 Å². The maximum atomic E-state index is 12.9. The third-order valence-electron chi connectivity index (χ3n) is 6.58. The van der Waals surface area contributed by atoms with Crippen LogP contribution in [0.1, 0.15) is 23.2 Å². The van der Waals surface area contributed by atoms with Gasteiger partial charge in [0.05, 0.1) is 24.5 Å². The minimum absolute atomic E-state index is 0.0238. The molecule has 0 spiro atoms. The normalized spacial score (nSPS) is 28.9. The fourth-order valence-corrected chi connectivity index (χ4v) is 5.34. The molecule has 5 atom stereocenters. The average molecular weight is 391 g/mol. The minimum atomic E-state index is -0.393. The van der Waals surface area contributed by atoms with E-state index in [0.717, 1.165) is 24.0 Å². The number of amides is 1. The molecule has 1 heterocycles. The maximum Gasteiger partial charge on any atom is 0.338 e. The average Bonchev–Trinajstić information content (AvgIpc) is 3.36. The van der Waals surface area contributed by atoms with Crippen LogP contribution < -0.4 is 5.32 Å². The summed E-state index contributed by atoms with van der Waals surface area (Å²) in [7, 11) is 1.36. The van der Waals surface area contributed by atoms with Gasteiger partial charge in [-0.2, -0.15) is 0 Å². The van der Waals surface area contributed by atoms with Crippen LogP contribution in [-0.2, 0) is 19.1 Å². The van der Waals surface area contributed by atoms with Crippen molar-refractivity contribution in [3.05, 3.63) is 54.1 Å². The summed E-state index contributed by atoms with van der Waals surface area (Å²) in [6.45, 7) is 0. The number of nitrogens with one attached hydrogen (secondary N) is 1. The largest absolute Gasteiger partial charge is 0.465 e. The molecule has 29 heavy (non-hydrogen) atoms. The molecule has 2 bridgehead atoms. The number of carbonyl (C=O) groups excluding carboxylic acids is 3. The standard InChI is InChI=1S/C23H21NO5/c1-28-22(26)16-5-3-2-4-15(16)12-6-8-14(9-7-12)24-21(25)19-13-10-17-18(11-13)29-23(27)20(17)19/h2-9,13,17-20H,10-11H2,1H3,(H,24,25)/t13-,17+,18-,19+,20+/m1/s1. The predicted octanol–water partition coefficient (Wildman–Crippen LogP) is 3.28. The van der Waals surface area contributed by atoms with Gasteiger partial charge < -0.3 is 14.8 Å². The highest BCUT2D eigenvalue weighted by Crippen LogP contribution is 2.57. The number of benzene rings is 2. The highest BCUT2D eigenvalue weighted by Gasteiger charge is 2.63. The number of carbonyl (C=O) groups is 3. The number of rotatable bonds is 4. The lowest BCUT2D eigenvalue weighted by molar-refractivity contribution is -0.145. The molecule has 2 aromatic carbocycles. The van der Waals surface area contributed by atoms with Gasteiger partial charge in [0.15, 0.2) is 0 Å². The molecule has 1 N–H and O–H groups in total. The lowest BCUT2D eigenvalue weighted by Crippen LogP contribution is -2.35. The second-order valence-electron chi connectivity index (χ2n) is 8.03. The van der Waals surface area contributed by atoms with E-state index in [2.05, 4.69) is 5.32 Å². The van der Waals surface area contributed by atoms with Gasteiger partial charge in [-0.3, -0.25) is 9.59 Å². The lowest BCUT2D eigenvalue weighted by Gasteiger charge is -2.23. The Morgan fingerprint density at radius 1 is 1.07 bits per heavy atom. The van der Waals surface area contributed by atoms with Crippen molar-refractivity contribution in [2.24, 2.45) is 23.7 Å². The van der Waals surface area contributed by atoms with E-state index in [-0.39, 0.29) is 41.7 Å². The van der Waals surface area contributed by atoms with E-state index in [4.69, 9.17) is 9.47 Å². The predicted molar refractivity (Wildman–Crippen MR) is 105 cm³/mol. The van der Waals surface area contributed by atoms with Crippen LogP contribution in [-0.4, -0.2) is 31.1 Å². The quantitative estimate of drug-likeness (QED) is 0.809. The number of methoxy groups -OCH3 is 1. The van der Waals surface area contributed by atoms with Gasteiger partial charge in [-0.15, -0.1) is 0 Å². The van der Waals surface area contributed by atoms with E-state index in [1.807, 2.05) is 36.4 Å². The second kappa shape index (κ2) is 6.72. The van der Waals surface area contributed by atoms with Gasteiger partial charge >= 0.3 is 11.9 Å². The molecule has 2 aliphatic carbocycles. The van der Waals surface area contributed by atoms with Crippen molar-refractivity contribution < 1.29 is 23.9 Å². The fraction of sp³-hybridized carbons (Fsp3) is 0.348. The van der Waals surface area contributed by atoms with Crippen LogP contribution in [0.2, 0.25) is 0 Å². The first kappa shape index (κ1) is 17.9. The Morgan fingerprint density at radius 2 is 1.83 bits per heavy atom. The number of fused-ring (bicyclic) bond motifs is 1. The van der Waals surface area contributed by atoms with E-state index >= 15 is 0 Å². The summed E-state index contributed by atoms with van der Waals surface area (Å²) in [5.74, 6) is -0.863. The zero-order chi connectivity index (χ0) is 20.1. The summed E-state index contributed by atoms with van der Waals surface area (Å²) < 4.78 is 10.3. The van der Waals surface area contributed by atoms with E-state index < -0.39 is 5.97 Å². The summed E-state index contributed by atoms with van der Waals surface area (Å²) >= 11 is 0. The number of esters is 2. The van der Waals surface area contributed by atoms with Crippen LogP contribution in [0.5, 0.6) is 0 Å². The van der Waals surface area contributed by atoms with E-state index in [1.54, 1.807) is 12.1 Å². The summed E-state index contributed by atoms with van der Waals surface area (Å²) in [6, 6.07) is 14.6. The molecule has 2 saturated carbocycles. The molecule has 2 aromatic rings. The zero-order valence-corrected chi connectivity index (χ0v) is 16.0. The smallest absolute Gasteiger partial charge is 0.338 e. The molecule has 3 fully saturated rings. The highest BCUT2D eigenvalue weighted by molar-refractivity contribution is 5.98. The first-order chi connectivity index (χ1) is 14.1. The molecule has 1 aliphatic heterocycles. The first-order valence-electron chi connectivity index (χ1n) is 9.86. The highest BCUT2D eigenvalue weighted by atomic mass is 16.6. The third-order valence-corrected chi connectivity index (χ3v) is 6.58. The Morgan fingerprint density at radius 3 is 2.59 bits per heavy atom. The molecule has 6 nitrogen and oxygen atoms in total. The number of ether oxygens (including phenoxy) is 2. The molecular formula is C23H21NO5. The van der Waals surface area contributed by atoms with Gasteiger partial charge in [0.1, 0.15) is 6.10 Å². The van der Waals surface area contributed by atoms with Gasteiger partial charge in [-0.05, 0) is 48.1 Å². The van der Waals surface area contributed by atoms with Crippen molar-refractivity contribution in [1.29, 1.82) is 0 Å². The Hall–Kier alpha value is -3.15. The van der Waals surface area contributed by atoms with Crippen LogP contribution in [0.25, 0.3) is 11.1 Å². The Labute approximate surface area is 168 Å². The van der Waals surface area contributed by atoms with Crippen LogP contribution >= 0.6 is 0 Å². The van der Waals surface area contributed by atoms with Gasteiger partial charge in [0, 0.05) is 11.6 Å². The summed E-state index contributed by atoms with van der Waals surface area (Å²) in [5, 5.41) is 2.96. The SMILES string of the molecule is COC(=O)c1ccccc1-c1ccc(NC(=O)[C@H]2[C@@H]3C[C@@H]4[C@@H]2C(=O)O[C@@H]4C3)cc1. The molecule has 5 rings (SSSR count). The van der Waals surface area contributed by atoms with Gasteiger partial charge in [0.2, 0.25) is 5.91 Å². The van der Waals surface area contributed by atoms with E-state index in [1.165, 1.54) is 7.11 Å². The number of hydrogen-bond acceptors (Lipinski definition) is 5. The molecule has 1 saturated heterocycles. The topological polar surface area (TPSA) is 81.7 Å². The van der Waals surface area contributed by atoms with Crippen LogP contribution in [0.15, 0.2) is 48.5 Å². The second-order valence-corrected chi connectivity index (χ2v) is 8.03. The molecular weight excluding hydrogens is 370 g/mol. The third kappa shape index (κ3) is 2.82. The number of hydrogen-bond donors (Lipinski definition) is 1. The van der Waals surface area contributed by atoms with E-state index in [0.29, 0.717) is 11.3 Å². The van der Waals surface area contributed by atoms with Crippen LogP contribution in [0.3, 0.4) is 0 Å². The maximum absolute atomic E-state index is 12.9. The molecule has 0 radical (unpaired) electrons. The van der Waals surface area contributed by atoms with Gasteiger partial charge in [-0.1, -0.05) is 30.3 Å².